The van der Waals surface area contributed by atoms with E-state index in [4.69, 9.17) is 9.26 Å². The van der Waals surface area contributed by atoms with Gasteiger partial charge in [-0.15, -0.1) is 0 Å². The lowest BCUT2D eigenvalue weighted by Gasteiger charge is -2.34. The smallest absolute Gasteiger partial charge is 0.257 e. The molecule has 1 fully saturated rings. The van der Waals surface area contributed by atoms with Crippen molar-refractivity contribution in [3.8, 4) is 5.75 Å². The molecule has 0 aliphatic carbocycles. The largest absolute Gasteiger partial charge is 0.485 e. The van der Waals surface area contributed by atoms with Gasteiger partial charge >= 0.3 is 0 Å². The van der Waals surface area contributed by atoms with Crippen molar-refractivity contribution in [3.63, 3.8) is 0 Å². The van der Waals surface area contributed by atoms with E-state index in [1.807, 2.05) is 12.1 Å². The minimum absolute atomic E-state index is 0.0727. The van der Waals surface area contributed by atoms with E-state index in [9.17, 15) is 13.2 Å². The number of carbonyl (C=O) groups is 1. The van der Waals surface area contributed by atoms with E-state index in [-0.39, 0.29) is 30.5 Å². The van der Waals surface area contributed by atoms with Gasteiger partial charge in [0.25, 0.3) is 5.91 Å². The fraction of sp³-hybridized carbons (Fsp3) is 0.375. The van der Waals surface area contributed by atoms with Crippen LogP contribution in [0.5, 0.6) is 5.75 Å². The van der Waals surface area contributed by atoms with Crippen LogP contribution in [0.25, 0.3) is 0 Å². The Bertz CT molecular complexity index is 1250. The zero-order valence-corrected chi connectivity index (χ0v) is 20.3. The molecule has 0 saturated carbocycles. The number of carbonyl (C=O) groups excluding carboxylic acids is 1. The molecule has 1 aromatic heterocycles. The van der Waals surface area contributed by atoms with Gasteiger partial charge in [0.15, 0.2) is 6.61 Å². The first-order valence-electron chi connectivity index (χ1n) is 11.2. The second-order valence-corrected chi connectivity index (χ2v) is 10.4. The molecule has 2 aromatic carbocycles. The number of para-hydroxylation sites is 1. The van der Waals surface area contributed by atoms with Crippen molar-refractivity contribution in [2.45, 2.75) is 38.2 Å². The van der Waals surface area contributed by atoms with Gasteiger partial charge in [-0.3, -0.25) is 4.79 Å². The molecule has 0 unspecified atom stereocenters. The van der Waals surface area contributed by atoms with E-state index in [0.717, 1.165) is 5.56 Å². The predicted molar refractivity (Wildman–Crippen MR) is 125 cm³/mol. The number of piperazine rings is 1. The van der Waals surface area contributed by atoms with E-state index in [2.05, 4.69) is 24.0 Å². The van der Waals surface area contributed by atoms with Crippen LogP contribution in [0.1, 0.15) is 47.4 Å². The van der Waals surface area contributed by atoms with Crippen LogP contribution >= 0.6 is 0 Å². The SMILES string of the molecule is Cc1nc(COc2ccccc2C(=O)N2CCN(S(=O)(=O)c3ccc(C(C)C)cc3)CC2)no1. The molecule has 0 spiro atoms. The molecule has 4 rings (SSSR count). The summed E-state index contributed by atoms with van der Waals surface area (Å²) in [7, 11) is -3.62. The van der Waals surface area contributed by atoms with Gasteiger partial charge in [-0.2, -0.15) is 9.29 Å². The van der Waals surface area contributed by atoms with Crippen LogP contribution in [-0.4, -0.2) is 59.8 Å². The van der Waals surface area contributed by atoms with Crippen molar-refractivity contribution >= 4 is 15.9 Å². The molecule has 3 aromatic rings. The molecule has 10 heteroatoms. The zero-order chi connectivity index (χ0) is 24.3. The first-order chi connectivity index (χ1) is 16.3. The van der Waals surface area contributed by atoms with Gasteiger partial charge < -0.3 is 14.2 Å². The number of aryl methyl sites for hydroxylation is 1. The van der Waals surface area contributed by atoms with Gasteiger partial charge in [0.05, 0.1) is 10.5 Å². The predicted octanol–water partition coefficient (Wildman–Crippen LogP) is 3.23. The Hall–Kier alpha value is -3.24. The molecule has 2 heterocycles. The lowest BCUT2D eigenvalue weighted by Crippen LogP contribution is -2.50. The van der Waals surface area contributed by atoms with Crippen LogP contribution in [0, 0.1) is 6.92 Å². The van der Waals surface area contributed by atoms with Crippen LogP contribution < -0.4 is 4.74 Å². The zero-order valence-electron chi connectivity index (χ0n) is 19.5. The van der Waals surface area contributed by atoms with Gasteiger partial charge in [-0.25, -0.2) is 8.42 Å². The highest BCUT2D eigenvalue weighted by Crippen LogP contribution is 2.24. The summed E-state index contributed by atoms with van der Waals surface area (Å²) in [6.07, 6.45) is 0. The highest BCUT2D eigenvalue weighted by atomic mass is 32.2. The number of nitrogens with zero attached hydrogens (tertiary/aromatic N) is 4. The van der Waals surface area contributed by atoms with Crippen LogP contribution in [0.15, 0.2) is 57.9 Å². The number of aromatic nitrogens is 2. The Balaban J connectivity index is 1.41. The highest BCUT2D eigenvalue weighted by Gasteiger charge is 2.31. The summed E-state index contributed by atoms with van der Waals surface area (Å²) < 4.78 is 38.3. The molecule has 180 valence electrons. The third-order valence-corrected chi connectivity index (χ3v) is 7.67. The van der Waals surface area contributed by atoms with Crippen molar-refractivity contribution in [3.05, 3.63) is 71.4 Å². The summed E-state index contributed by atoms with van der Waals surface area (Å²) in [5.41, 5.74) is 1.49. The molecule has 1 amide bonds. The van der Waals surface area contributed by atoms with Crippen molar-refractivity contribution in [1.82, 2.24) is 19.3 Å². The monoisotopic (exact) mass is 484 g/mol. The maximum Gasteiger partial charge on any atom is 0.257 e. The Morgan fingerprint density at radius 2 is 1.74 bits per heavy atom. The quantitative estimate of drug-likeness (QED) is 0.507. The molecular formula is C24H28N4O5S. The average molecular weight is 485 g/mol. The normalized spacial score (nSPS) is 15.0. The van der Waals surface area contributed by atoms with Crippen LogP contribution in [0.3, 0.4) is 0 Å². The van der Waals surface area contributed by atoms with Crippen molar-refractivity contribution in [2.75, 3.05) is 26.2 Å². The molecule has 1 aliphatic heterocycles. The van der Waals surface area contributed by atoms with Crippen LogP contribution in [-0.2, 0) is 16.6 Å². The fourth-order valence-electron chi connectivity index (χ4n) is 3.79. The van der Waals surface area contributed by atoms with Gasteiger partial charge in [0, 0.05) is 33.1 Å². The molecule has 1 saturated heterocycles. The second kappa shape index (κ2) is 9.94. The average Bonchev–Trinajstić information content (AvgIpc) is 3.27. The first-order valence-corrected chi connectivity index (χ1v) is 12.6. The number of sulfonamides is 1. The summed E-state index contributed by atoms with van der Waals surface area (Å²) in [5, 5.41) is 3.80. The van der Waals surface area contributed by atoms with Crippen molar-refractivity contribution < 1.29 is 22.5 Å². The van der Waals surface area contributed by atoms with Gasteiger partial charge in [0.1, 0.15) is 5.75 Å². The topological polar surface area (TPSA) is 106 Å². The van der Waals surface area contributed by atoms with E-state index < -0.39 is 10.0 Å². The fourth-order valence-corrected chi connectivity index (χ4v) is 5.21. The number of hydrogen-bond acceptors (Lipinski definition) is 7. The van der Waals surface area contributed by atoms with E-state index >= 15 is 0 Å². The van der Waals surface area contributed by atoms with Crippen LogP contribution in [0.2, 0.25) is 0 Å². The number of hydrogen-bond donors (Lipinski definition) is 0. The molecule has 0 radical (unpaired) electrons. The number of rotatable bonds is 7. The molecule has 34 heavy (non-hydrogen) atoms. The highest BCUT2D eigenvalue weighted by molar-refractivity contribution is 7.89. The van der Waals surface area contributed by atoms with E-state index in [1.165, 1.54) is 4.31 Å². The minimum Gasteiger partial charge on any atom is -0.485 e. The first kappa shape index (κ1) is 23.9. The molecule has 0 N–H and O–H groups in total. The summed E-state index contributed by atoms with van der Waals surface area (Å²) in [6, 6.07) is 14.0. The maximum atomic E-state index is 13.2. The number of amides is 1. The van der Waals surface area contributed by atoms with Gasteiger partial charge in [0.2, 0.25) is 21.7 Å². The van der Waals surface area contributed by atoms with Crippen molar-refractivity contribution in [1.29, 1.82) is 0 Å². The standard InChI is InChI=1S/C24H28N4O5S/c1-17(2)19-8-10-20(11-9-19)34(30,31)28-14-12-27(13-15-28)24(29)21-6-4-5-7-22(21)32-16-23-25-18(3)33-26-23/h4-11,17H,12-16H2,1-3H3. The maximum absolute atomic E-state index is 13.2. The number of ether oxygens (including phenoxy) is 1. The van der Waals surface area contributed by atoms with Gasteiger partial charge in [-0.05, 0) is 35.7 Å². The Morgan fingerprint density at radius 3 is 2.35 bits per heavy atom. The molecule has 0 atom stereocenters. The summed E-state index contributed by atoms with van der Waals surface area (Å²) in [6.45, 7) is 6.93. The third-order valence-electron chi connectivity index (χ3n) is 5.75. The van der Waals surface area contributed by atoms with Crippen molar-refractivity contribution in [2.24, 2.45) is 0 Å². The third kappa shape index (κ3) is 5.13. The lowest BCUT2D eigenvalue weighted by atomic mass is 10.0. The van der Waals surface area contributed by atoms with Crippen LogP contribution in [0.4, 0.5) is 0 Å². The molecule has 0 bridgehead atoms. The Labute approximate surface area is 199 Å². The Morgan fingerprint density at radius 1 is 1.06 bits per heavy atom. The van der Waals surface area contributed by atoms with E-state index in [1.54, 1.807) is 48.2 Å². The second-order valence-electron chi connectivity index (χ2n) is 8.43. The number of benzene rings is 2. The molecule has 1 aliphatic rings. The Kier molecular flexibility index (Phi) is 6.99. The lowest BCUT2D eigenvalue weighted by molar-refractivity contribution is 0.0693. The minimum atomic E-state index is -3.62. The van der Waals surface area contributed by atoms with E-state index in [0.29, 0.717) is 42.0 Å². The molecular weight excluding hydrogens is 456 g/mol. The summed E-state index contributed by atoms with van der Waals surface area (Å²) in [4.78, 5) is 19.2. The summed E-state index contributed by atoms with van der Waals surface area (Å²) >= 11 is 0. The van der Waals surface area contributed by atoms with Gasteiger partial charge in [-0.1, -0.05) is 43.3 Å². The molecule has 9 nitrogen and oxygen atoms in total. The summed E-state index contributed by atoms with van der Waals surface area (Å²) in [5.74, 6) is 1.36.